The van der Waals surface area contributed by atoms with E-state index in [-0.39, 0.29) is 29.3 Å². The second-order valence-corrected chi connectivity index (χ2v) is 8.48. The number of aromatic carboxylic acids is 1. The molecule has 0 saturated heterocycles. The Balaban J connectivity index is 1.64. The van der Waals surface area contributed by atoms with Gasteiger partial charge in [-0.05, 0) is 48.2 Å². The number of carbonyl (C=O) groups excluding carboxylic acids is 1. The molecule has 1 aliphatic rings. The number of benzene rings is 3. The normalized spacial score (nSPS) is 15.2. The van der Waals surface area contributed by atoms with Crippen molar-refractivity contribution in [2.24, 2.45) is 0 Å². The summed E-state index contributed by atoms with van der Waals surface area (Å²) in [7, 11) is 0. The fraction of sp³-hybridized carbons (Fsp3) is 0.185. The number of carboxylic acids is 1. The van der Waals surface area contributed by atoms with Crippen LogP contribution in [-0.4, -0.2) is 44.5 Å². The van der Waals surface area contributed by atoms with Crippen molar-refractivity contribution in [2.45, 2.75) is 25.3 Å². The van der Waals surface area contributed by atoms with Gasteiger partial charge in [-0.15, -0.1) is 0 Å². The summed E-state index contributed by atoms with van der Waals surface area (Å²) < 4.78 is 0. The molecule has 184 valence electrons. The molecule has 1 heterocycles. The lowest BCUT2D eigenvalue weighted by molar-refractivity contribution is -0.384. The van der Waals surface area contributed by atoms with Gasteiger partial charge < -0.3 is 20.0 Å². The summed E-state index contributed by atoms with van der Waals surface area (Å²) in [6, 6.07) is 19.2. The molecule has 36 heavy (non-hydrogen) atoms. The van der Waals surface area contributed by atoms with Crippen molar-refractivity contribution in [3.8, 4) is 5.75 Å². The molecule has 0 bridgehead atoms. The molecule has 9 heteroatoms. The molecular formula is C27H25N3O6. The Bertz CT molecular complexity index is 1290. The van der Waals surface area contributed by atoms with Crippen molar-refractivity contribution in [2.75, 3.05) is 11.4 Å². The number of nitro groups is 1. The smallest absolute Gasteiger partial charge is 0.335 e. The van der Waals surface area contributed by atoms with Crippen molar-refractivity contribution in [3.05, 3.63) is 112 Å². The number of nitro benzene ring substituents is 1. The predicted octanol–water partition coefficient (Wildman–Crippen LogP) is 4.36. The summed E-state index contributed by atoms with van der Waals surface area (Å²) >= 11 is 0. The third-order valence-corrected chi connectivity index (χ3v) is 6.08. The van der Waals surface area contributed by atoms with E-state index >= 15 is 0 Å². The van der Waals surface area contributed by atoms with Gasteiger partial charge in [0, 0.05) is 31.4 Å². The van der Waals surface area contributed by atoms with E-state index in [2.05, 4.69) is 0 Å². The van der Waals surface area contributed by atoms with Crippen molar-refractivity contribution < 1.29 is 24.7 Å². The number of anilines is 1. The lowest BCUT2D eigenvalue weighted by atomic mass is 10.0. The lowest BCUT2D eigenvalue weighted by Gasteiger charge is -2.37. The number of carbonyl (C=O) groups is 2. The second-order valence-electron chi connectivity index (χ2n) is 8.48. The van der Waals surface area contributed by atoms with Gasteiger partial charge in [0.2, 0.25) is 5.91 Å². The van der Waals surface area contributed by atoms with Crippen LogP contribution in [0.15, 0.2) is 85.2 Å². The Kier molecular flexibility index (Phi) is 7.29. The van der Waals surface area contributed by atoms with E-state index in [0.717, 1.165) is 24.5 Å². The maximum atomic E-state index is 13.6. The van der Waals surface area contributed by atoms with Gasteiger partial charge in [-0.25, -0.2) is 4.79 Å². The largest absolute Gasteiger partial charge is 0.508 e. The van der Waals surface area contributed by atoms with E-state index in [1.54, 1.807) is 29.4 Å². The summed E-state index contributed by atoms with van der Waals surface area (Å²) in [5.74, 6) is -1.41. The summed E-state index contributed by atoms with van der Waals surface area (Å²) in [6.07, 6.45) is 5.00. The zero-order valence-electron chi connectivity index (χ0n) is 19.4. The zero-order chi connectivity index (χ0) is 25.7. The predicted molar refractivity (Wildman–Crippen MR) is 134 cm³/mol. The second kappa shape index (κ2) is 10.7. The van der Waals surface area contributed by atoms with Crippen molar-refractivity contribution >= 4 is 23.3 Å². The number of aryl methyl sites for hydroxylation is 1. The van der Waals surface area contributed by atoms with Crippen LogP contribution in [0.5, 0.6) is 5.75 Å². The molecule has 0 aromatic heterocycles. The van der Waals surface area contributed by atoms with Crippen molar-refractivity contribution in [1.82, 2.24) is 4.90 Å². The number of carboxylic acid groups (broad SMARTS) is 1. The molecule has 3 aromatic carbocycles. The van der Waals surface area contributed by atoms with Crippen molar-refractivity contribution in [1.29, 1.82) is 0 Å². The Hall–Kier alpha value is -4.66. The van der Waals surface area contributed by atoms with Gasteiger partial charge in [0.1, 0.15) is 17.5 Å². The van der Waals surface area contributed by atoms with Crippen LogP contribution >= 0.6 is 0 Å². The first kappa shape index (κ1) is 24.5. The van der Waals surface area contributed by atoms with Crippen LogP contribution in [-0.2, 0) is 17.6 Å². The maximum Gasteiger partial charge on any atom is 0.335 e. The average Bonchev–Trinajstić information content (AvgIpc) is 2.87. The highest BCUT2D eigenvalue weighted by molar-refractivity contribution is 5.92. The topological polar surface area (TPSA) is 124 Å². The monoisotopic (exact) mass is 487 g/mol. The highest BCUT2D eigenvalue weighted by atomic mass is 16.6. The van der Waals surface area contributed by atoms with Crippen LogP contribution in [0.25, 0.3) is 0 Å². The number of phenolic OH excluding ortho intramolecular Hbond substituents is 1. The number of rotatable bonds is 9. The Morgan fingerprint density at radius 2 is 1.69 bits per heavy atom. The minimum atomic E-state index is -1.28. The van der Waals surface area contributed by atoms with Gasteiger partial charge >= 0.3 is 5.97 Å². The first-order valence-corrected chi connectivity index (χ1v) is 11.4. The maximum absolute atomic E-state index is 13.6. The van der Waals surface area contributed by atoms with Gasteiger partial charge in [0.15, 0.2) is 0 Å². The molecule has 4 rings (SSSR count). The minimum Gasteiger partial charge on any atom is -0.508 e. The van der Waals surface area contributed by atoms with Crippen LogP contribution in [0, 0.1) is 10.1 Å². The Labute approximate surface area is 207 Å². The fourth-order valence-electron chi connectivity index (χ4n) is 4.23. The third kappa shape index (κ3) is 5.52. The van der Waals surface area contributed by atoms with Gasteiger partial charge in [0.05, 0.1) is 10.5 Å². The third-order valence-electron chi connectivity index (χ3n) is 6.08. The van der Waals surface area contributed by atoms with Crippen LogP contribution in [0.4, 0.5) is 11.4 Å². The van der Waals surface area contributed by atoms with E-state index in [0.29, 0.717) is 6.54 Å². The van der Waals surface area contributed by atoms with Gasteiger partial charge in [0.25, 0.3) is 5.69 Å². The molecule has 0 spiro atoms. The fourth-order valence-corrected chi connectivity index (χ4v) is 4.23. The van der Waals surface area contributed by atoms with E-state index < -0.39 is 22.6 Å². The first-order valence-electron chi connectivity index (χ1n) is 11.4. The number of amides is 1. The Morgan fingerprint density at radius 1 is 0.972 bits per heavy atom. The molecular weight excluding hydrogens is 462 g/mol. The number of aromatic hydroxyl groups is 1. The standard InChI is InChI=1S/C27H25N3O6/c31-22-11-8-20(9-12-22)17-25-26(32)28(14-4-7-19-5-2-1-3-6-19)15-16-29(25)23-13-10-21(27(33)34)18-24(23)30(35)36/h1-3,5-6,8-13,15-16,18,25,31H,4,7,14,17H2,(H,33,34)/t25-/m0/s1. The van der Waals surface area contributed by atoms with Crippen molar-refractivity contribution in [3.63, 3.8) is 0 Å². The van der Waals surface area contributed by atoms with Crippen LogP contribution in [0.2, 0.25) is 0 Å². The van der Waals surface area contributed by atoms with E-state index in [1.165, 1.54) is 34.7 Å². The number of phenols is 1. The number of hydrogen-bond acceptors (Lipinski definition) is 6. The molecule has 0 aliphatic carbocycles. The van der Waals surface area contributed by atoms with Crippen LogP contribution in [0.1, 0.15) is 27.9 Å². The van der Waals surface area contributed by atoms with E-state index in [4.69, 9.17) is 0 Å². The van der Waals surface area contributed by atoms with Gasteiger partial charge in [-0.3, -0.25) is 14.9 Å². The van der Waals surface area contributed by atoms with Gasteiger partial charge in [-0.1, -0.05) is 42.5 Å². The molecule has 0 radical (unpaired) electrons. The van der Waals surface area contributed by atoms with E-state index in [9.17, 15) is 29.9 Å². The zero-order valence-corrected chi connectivity index (χ0v) is 19.4. The Morgan fingerprint density at radius 3 is 2.36 bits per heavy atom. The highest BCUT2D eigenvalue weighted by Crippen LogP contribution is 2.34. The molecule has 1 aliphatic heterocycles. The molecule has 0 saturated carbocycles. The molecule has 0 fully saturated rings. The quantitative estimate of drug-likeness (QED) is 0.339. The minimum absolute atomic E-state index is 0.0907. The highest BCUT2D eigenvalue weighted by Gasteiger charge is 2.35. The number of hydrogen-bond donors (Lipinski definition) is 2. The summed E-state index contributed by atoms with van der Waals surface area (Å²) in [4.78, 5) is 39.2. The molecule has 1 amide bonds. The summed E-state index contributed by atoms with van der Waals surface area (Å²) in [5.41, 5.74) is 1.45. The van der Waals surface area contributed by atoms with Crippen LogP contribution in [0.3, 0.4) is 0 Å². The van der Waals surface area contributed by atoms with Gasteiger partial charge in [-0.2, -0.15) is 0 Å². The summed E-state index contributed by atoms with van der Waals surface area (Å²) in [6.45, 7) is 0.476. The molecule has 3 aromatic rings. The molecule has 1 atom stereocenters. The summed E-state index contributed by atoms with van der Waals surface area (Å²) in [5, 5.41) is 30.7. The molecule has 2 N–H and O–H groups in total. The average molecular weight is 488 g/mol. The van der Waals surface area contributed by atoms with Crippen LogP contribution < -0.4 is 4.90 Å². The molecule has 0 unspecified atom stereocenters. The first-order chi connectivity index (χ1) is 17.3. The van der Waals surface area contributed by atoms with E-state index in [1.807, 2.05) is 30.3 Å². The SMILES string of the molecule is O=C(O)c1ccc(N2C=CN(CCCc3ccccc3)C(=O)[C@@H]2Cc2ccc(O)cc2)c([N+](=O)[O-])c1. The lowest BCUT2D eigenvalue weighted by Crippen LogP contribution is -2.50. The number of nitrogens with zero attached hydrogens (tertiary/aromatic N) is 3. The molecule has 9 nitrogen and oxygen atoms in total.